The molecule has 3 heteroatoms. The van der Waals surface area contributed by atoms with Gasteiger partial charge < -0.3 is 5.73 Å². The summed E-state index contributed by atoms with van der Waals surface area (Å²) in [5.41, 5.74) is 3.15. The Bertz CT molecular complexity index is 261. The van der Waals surface area contributed by atoms with E-state index >= 15 is 0 Å². The van der Waals surface area contributed by atoms with Gasteiger partial charge in [-0.3, -0.25) is 4.79 Å². The number of allylic oxidation sites excluding steroid dienone is 1. The summed E-state index contributed by atoms with van der Waals surface area (Å²) >= 11 is 0. The second-order valence-corrected chi connectivity index (χ2v) is 5.37. The molecular formula is C14H26FNO. The maximum Gasteiger partial charge on any atom is 0.255 e. The van der Waals surface area contributed by atoms with Crippen LogP contribution in [0, 0.1) is 5.41 Å². The first-order chi connectivity index (χ1) is 7.83. The molecule has 1 fully saturated rings. The van der Waals surface area contributed by atoms with Crippen molar-refractivity contribution in [3.05, 3.63) is 12.7 Å². The fraction of sp³-hybridized carbons (Fsp3) is 0.786. The van der Waals surface area contributed by atoms with E-state index in [1.165, 1.54) is 12.5 Å². The lowest BCUT2D eigenvalue weighted by atomic mass is 9.64. The Balaban J connectivity index is 0.000000770. The number of hydrogen-bond donors (Lipinski definition) is 1. The third-order valence-corrected chi connectivity index (χ3v) is 3.18. The number of carbonyl (C=O) groups excluding carboxylic acids is 1. The summed E-state index contributed by atoms with van der Waals surface area (Å²) in [7, 11) is 0. The molecule has 0 aromatic carbocycles. The number of primary amides is 1. The van der Waals surface area contributed by atoms with Gasteiger partial charge in [0, 0.05) is 6.42 Å². The minimum Gasteiger partial charge on any atom is -0.367 e. The minimum atomic E-state index is -1.89. The van der Waals surface area contributed by atoms with E-state index in [4.69, 9.17) is 5.73 Å². The summed E-state index contributed by atoms with van der Waals surface area (Å²) in [5.74, 6) is -0.856. The third-order valence-electron chi connectivity index (χ3n) is 3.18. The van der Waals surface area contributed by atoms with Crippen LogP contribution in [0.2, 0.25) is 0 Å². The number of carbonyl (C=O) groups is 1. The minimum absolute atomic E-state index is 0.0257. The summed E-state index contributed by atoms with van der Waals surface area (Å²) < 4.78 is 14.1. The van der Waals surface area contributed by atoms with Gasteiger partial charge in [-0.15, -0.1) is 6.58 Å². The molecule has 0 radical (unpaired) electrons. The van der Waals surface area contributed by atoms with Crippen molar-refractivity contribution in [3.8, 4) is 0 Å². The smallest absolute Gasteiger partial charge is 0.255 e. The molecule has 0 bridgehead atoms. The van der Waals surface area contributed by atoms with E-state index < -0.39 is 11.6 Å². The second kappa shape index (κ2) is 6.77. The molecule has 2 N–H and O–H groups in total. The summed E-state index contributed by atoms with van der Waals surface area (Å²) in [5, 5.41) is 0. The molecular weight excluding hydrogens is 217 g/mol. The molecule has 0 spiro atoms. The zero-order valence-corrected chi connectivity index (χ0v) is 11.4. The highest BCUT2D eigenvalue weighted by molar-refractivity contribution is 5.83. The number of halogens is 1. The maximum absolute atomic E-state index is 14.1. The van der Waals surface area contributed by atoms with Gasteiger partial charge in [0.05, 0.1) is 0 Å². The number of nitrogens with two attached hydrogens (primary N) is 1. The summed E-state index contributed by atoms with van der Waals surface area (Å²) in [6.45, 7) is 9.71. The standard InChI is InChI=1S/C11H18FNO.C3H8/c1-3-5-11(12,9(13)14)8-10(2)6-4-7-10;1-3-2/h3H,1,4-8H2,2H3,(H2,13,14);3H2,1-2H3/t11-;/m1./s1. The fourth-order valence-electron chi connectivity index (χ4n) is 2.12. The molecule has 0 saturated heterocycles. The van der Waals surface area contributed by atoms with Gasteiger partial charge in [0.25, 0.3) is 5.91 Å². The van der Waals surface area contributed by atoms with Gasteiger partial charge in [0.15, 0.2) is 5.67 Å². The average Bonchev–Trinajstić information content (AvgIpc) is 2.16. The van der Waals surface area contributed by atoms with Crippen LogP contribution in [-0.2, 0) is 4.79 Å². The highest BCUT2D eigenvalue weighted by Crippen LogP contribution is 2.47. The van der Waals surface area contributed by atoms with E-state index in [1.54, 1.807) is 0 Å². The number of alkyl halides is 1. The topological polar surface area (TPSA) is 43.1 Å². The van der Waals surface area contributed by atoms with Crippen molar-refractivity contribution < 1.29 is 9.18 Å². The molecule has 1 atom stereocenters. The van der Waals surface area contributed by atoms with Crippen LogP contribution >= 0.6 is 0 Å². The summed E-state index contributed by atoms with van der Waals surface area (Å²) in [4.78, 5) is 11.0. The van der Waals surface area contributed by atoms with Crippen molar-refractivity contribution in [3.63, 3.8) is 0 Å². The van der Waals surface area contributed by atoms with Gasteiger partial charge in [0.1, 0.15) is 0 Å². The van der Waals surface area contributed by atoms with Crippen molar-refractivity contribution in [1.82, 2.24) is 0 Å². The molecule has 1 amide bonds. The van der Waals surface area contributed by atoms with E-state index in [0.29, 0.717) is 0 Å². The van der Waals surface area contributed by atoms with Crippen molar-refractivity contribution in [2.45, 2.75) is 65.0 Å². The maximum atomic E-state index is 14.1. The van der Waals surface area contributed by atoms with Crippen molar-refractivity contribution >= 4 is 5.91 Å². The fourth-order valence-corrected chi connectivity index (χ4v) is 2.12. The van der Waals surface area contributed by atoms with Gasteiger partial charge in [-0.2, -0.15) is 0 Å². The van der Waals surface area contributed by atoms with E-state index in [9.17, 15) is 9.18 Å². The second-order valence-electron chi connectivity index (χ2n) is 5.37. The molecule has 1 rings (SSSR count). The Morgan fingerprint density at radius 3 is 2.24 bits per heavy atom. The summed E-state index contributed by atoms with van der Waals surface area (Å²) in [6.07, 6.45) is 6.04. The van der Waals surface area contributed by atoms with Gasteiger partial charge in [-0.05, 0) is 24.7 Å². The Morgan fingerprint density at radius 1 is 1.53 bits per heavy atom. The zero-order valence-electron chi connectivity index (χ0n) is 11.4. The van der Waals surface area contributed by atoms with Crippen LogP contribution < -0.4 is 5.73 Å². The van der Waals surface area contributed by atoms with Gasteiger partial charge >= 0.3 is 0 Å². The number of amides is 1. The largest absolute Gasteiger partial charge is 0.367 e. The zero-order chi connectivity index (χ0) is 13.5. The highest BCUT2D eigenvalue weighted by atomic mass is 19.1. The number of hydrogen-bond acceptors (Lipinski definition) is 1. The first kappa shape index (κ1) is 16.1. The van der Waals surface area contributed by atoms with Gasteiger partial charge in [-0.1, -0.05) is 39.7 Å². The molecule has 1 saturated carbocycles. The Labute approximate surface area is 104 Å². The van der Waals surface area contributed by atoms with Crippen LogP contribution in [0.25, 0.3) is 0 Å². The lowest BCUT2D eigenvalue weighted by Gasteiger charge is -2.42. The SMILES string of the molecule is C=CC[C@@](F)(CC1(C)CCC1)C(N)=O.CCC. The van der Waals surface area contributed by atoms with Crippen LogP contribution in [0.5, 0.6) is 0 Å². The Hall–Kier alpha value is -0.860. The lowest BCUT2D eigenvalue weighted by Crippen LogP contribution is -2.45. The van der Waals surface area contributed by atoms with Gasteiger partial charge in [0.2, 0.25) is 0 Å². The van der Waals surface area contributed by atoms with Crippen LogP contribution in [0.1, 0.15) is 59.3 Å². The molecule has 100 valence electrons. The Morgan fingerprint density at radius 2 is 2.00 bits per heavy atom. The molecule has 1 aliphatic rings. The normalized spacial score (nSPS) is 20.2. The third kappa shape index (κ3) is 4.88. The molecule has 2 nitrogen and oxygen atoms in total. The van der Waals surface area contributed by atoms with E-state index in [-0.39, 0.29) is 18.3 Å². The Kier molecular flexibility index (Phi) is 6.43. The van der Waals surface area contributed by atoms with Crippen molar-refractivity contribution in [2.24, 2.45) is 11.1 Å². The monoisotopic (exact) mass is 243 g/mol. The predicted molar refractivity (Wildman–Crippen MR) is 70.4 cm³/mol. The van der Waals surface area contributed by atoms with Crippen LogP contribution in [0.3, 0.4) is 0 Å². The van der Waals surface area contributed by atoms with Crippen molar-refractivity contribution in [2.75, 3.05) is 0 Å². The quantitative estimate of drug-likeness (QED) is 0.734. The van der Waals surface area contributed by atoms with Crippen LogP contribution in [0.4, 0.5) is 4.39 Å². The molecule has 0 aliphatic heterocycles. The molecule has 1 aliphatic carbocycles. The van der Waals surface area contributed by atoms with Crippen molar-refractivity contribution in [1.29, 1.82) is 0 Å². The van der Waals surface area contributed by atoms with Gasteiger partial charge in [-0.25, -0.2) is 4.39 Å². The first-order valence-electron chi connectivity index (χ1n) is 6.43. The van der Waals surface area contributed by atoms with E-state index in [1.807, 2.05) is 6.92 Å². The highest BCUT2D eigenvalue weighted by Gasteiger charge is 2.45. The predicted octanol–water partition coefficient (Wildman–Crippen LogP) is 3.75. The average molecular weight is 243 g/mol. The lowest BCUT2D eigenvalue weighted by molar-refractivity contribution is -0.132. The van der Waals surface area contributed by atoms with E-state index in [0.717, 1.165) is 19.3 Å². The number of rotatable bonds is 5. The van der Waals surface area contributed by atoms with Crippen LogP contribution in [0.15, 0.2) is 12.7 Å². The van der Waals surface area contributed by atoms with Crippen LogP contribution in [-0.4, -0.2) is 11.6 Å². The first-order valence-corrected chi connectivity index (χ1v) is 6.43. The molecule has 0 heterocycles. The molecule has 0 unspecified atom stereocenters. The van der Waals surface area contributed by atoms with E-state index in [2.05, 4.69) is 20.4 Å². The molecule has 17 heavy (non-hydrogen) atoms. The molecule has 0 aromatic rings. The molecule has 0 aromatic heterocycles. The summed E-state index contributed by atoms with van der Waals surface area (Å²) in [6, 6.07) is 0.